The van der Waals surface area contributed by atoms with Gasteiger partial charge in [-0.25, -0.2) is 0 Å². The van der Waals surface area contributed by atoms with Gasteiger partial charge in [-0.3, -0.25) is 0 Å². The minimum Gasteiger partial charge on any atom is -0.310 e. The summed E-state index contributed by atoms with van der Waals surface area (Å²) in [6.45, 7) is 0. The molecule has 0 N–H and O–H groups in total. The fourth-order valence-corrected chi connectivity index (χ4v) is 11.0. The van der Waals surface area contributed by atoms with Crippen LogP contribution in [0.4, 0.5) is 34.1 Å². The predicted octanol–water partition coefficient (Wildman–Crippen LogP) is 17.8. The van der Waals surface area contributed by atoms with Crippen molar-refractivity contribution >= 4 is 108 Å². The number of fused-ring (bicyclic) bond motifs is 7. The molecule has 0 radical (unpaired) electrons. The first-order chi connectivity index (χ1) is 32.8. The van der Waals surface area contributed by atoms with Gasteiger partial charge in [0.25, 0.3) is 0 Å². The van der Waals surface area contributed by atoms with Gasteiger partial charge in [-0.15, -0.1) is 22.7 Å². The van der Waals surface area contributed by atoms with Gasteiger partial charge in [0.15, 0.2) is 0 Å². The Bertz CT molecular complexity index is 3870. The summed E-state index contributed by atoms with van der Waals surface area (Å²) in [6, 6.07) is 69.1. The molecule has 2 nitrogen and oxygen atoms in total. The van der Waals surface area contributed by atoms with E-state index >= 15 is 0 Å². The molecule has 12 rings (SSSR count). The first-order valence-corrected chi connectivity index (χ1v) is 22.2. The molecular weight excluding hydrogens is 789 g/mol. The molecule has 12 aromatic rings. The Kier molecular flexibility index (Phi) is 7.69. The maximum Gasteiger partial charge on any atom is 0.0629 e. The molecule has 62 heavy (non-hydrogen) atoms. The second-order valence-corrected chi connectivity index (χ2v) is 17.6. The number of thiophene rings is 2. The van der Waals surface area contributed by atoms with Crippen LogP contribution in [0.5, 0.6) is 0 Å². The average molecular weight is 832 g/mol. The van der Waals surface area contributed by atoms with Crippen molar-refractivity contribution in [3.05, 3.63) is 230 Å². The molecule has 0 saturated carbocycles. The second-order valence-electron chi connectivity index (χ2n) is 15.4. The van der Waals surface area contributed by atoms with Crippen LogP contribution in [0.2, 0.25) is 0 Å². The van der Waals surface area contributed by atoms with Crippen LogP contribution in [0, 0.1) is 0 Å². The third-order valence-electron chi connectivity index (χ3n) is 11.7. The maximum absolute atomic E-state index is 8.76. The van der Waals surface area contributed by atoms with Gasteiger partial charge in [-0.05, 0) is 124 Å². The molecule has 0 aliphatic rings. The van der Waals surface area contributed by atoms with Crippen molar-refractivity contribution in [3.63, 3.8) is 0 Å². The van der Waals surface area contributed by atoms with Crippen LogP contribution in [0.3, 0.4) is 0 Å². The number of hydrogen-bond acceptors (Lipinski definition) is 4. The van der Waals surface area contributed by atoms with Crippen molar-refractivity contribution in [2.45, 2.75) is 0 Å². The first-order valence-electron chi connectivity index (χ1n) is 23.1. The molecule has 0 saturated heterocycles. The minimum absolute atomic E-state index is 0.172. The Morgan fingerprint density at radius 1 is 0.290 bits per heavy atom. The number of benzene rings is 10. The van der Waals surface area contributed by atoms with Crippen LogP contribution in [0.25, 0.3) is 73.4 Å². The molecule has 4 heteroatoms. The van der Waals surface area contributed by atoms with Crippen LogP contribution in [0.15, 0.2) is 230 Å². The zero-order chi connectivity index (χ0) is 45.3. The van der Waals surface area contributed by atoms with E-state index in [1.54, 1.807) is 11.3 Å². The van der Waals surface area contributed by atoms with Crippen LogP contribution < -0.4 is 9.80 Å². The fraction of sp³-hybridized carbons (Fsp3) is 0. The minimum atomic E-state index is -0.409. The molecule has 292 valence electrons. The molecule has 0 atom stereocenters. The van der Waals surface area contributed by atoms with E-state index < -0.39 is 6.04 Å². The smallest absolute Gasteiger partial charge is 0.0629 e. The van der Waals surface area contributed by atoms with Gasteiger partial charge >= 0.3 is 0 Å². The predicted molar refractivity (Wildman–Crippen MR) is 270 cm³/mol. The zero-order valence-electron chi connectivity index (χ0n) is 38.3. The topological polar surface area (TPSA) is 6.48 Å². The Morgan fingerprint density at radius 2 is 0.839 bits per heavy atom. The average Bonchev–Trinajstić information content (AvgIpc) is 3.94. The van der Waals surface area contributed by atoms with Gasteiger partial charge in [0.05, 0.1) is 6.85 Å². The van der Waals surface area contributed by atoms with Crippen molar-refractivity contribution in [2.24, 2.45) is 0 Å². The van der Waals surface area contributed by atoms with Gasteiger partial charge in [0.1, 0.15) is 0 Å². The largest absolute Gasteiger partial charge is 0.310 e. The Balaban J connectivity index is 1.12. The van der Waals surface area contributed by atoms with E-state index in [-0.39, 0.29) is 29.7 Å². The number of para-hydroxylation sites is 1. The standard InChI is InChI=1S/C58H38N2S2/c1-3-13-39(14-4-1)41-23-27-46(28-24-41)60(48-30-31-53-51-19-9-11-21-55(51)62-58(53)38-48)50-35-44(43-26-32-57-54(36-43)52-20-10-12-22-56(52)61-57)34-49(37-50)59(45-17-5-2-6-18-45)47-29-25-40-15-7-8-16-42(40)33-47/h1-38H/i1D,3D,4D,13D,14D. The molecule has 0 spiro atoms. The van der Waals surface area contributed by atoms with Crippen molar-refractivity contribution in [3.8, 4) is 22.3 Å². The van der Waals surface area contributed by atoms with Crippen molar-refractivity contribution in [1.29, 1.82) is 0 Å². The monoisotopic (exact) mass is 831 g/mol. The van der Waals surface area contributed by atoms with Crippen LogP contribution in [-0.4, -0.2) is 0 Å². The summed E-state index contributed by atoms with van der Waals surface area (Å²) in [5.74, 6) is 0. The van der Waals surface area contributed by atoms with Gasteiger partial charge in [0, 0.05) is 74.5 Å². The van der Waals surface area contributed by atoms with E-state index in [0.717, 1.165) is 55.3 Å². The molecule has 0 unspecified atom stereocenters. The van der Waals surface area contributed by atoms with E-state index in [4.69, 9.17) is 6.85 Å². The quantitative estimate of drug-likeness (QED) is 0.150. The second kappa shape index (κ2) is 15.2. The highest BCUT2D eigenvalue weighted by molar-refractivity contribution is 7.26. The lowest BCUT2D eigenvalue weighted by atomic mass is 9.99. The highest BCUT2D eigenvalue weighted by Gasteiger charge is 2.21. The van der Waals surface area contributed by atoms with Crippen LogP contribution in [0.1, 0.15) is 6.85 Å². The van der Waals surface area contributed by atoms with E-state index in [1.807, 2.05) is 41.7 Å². The van der Waals surface area contributed by atoms with E-state index in [2.05, 4.69) is 180 Å². The Labute approximate surface area is 375 Å². The highest BCUT2D eigenvalue weighted by Crippen LogP contribution is 2.46. The van der Waals surface area contributed by atoms with Gasteiger partial charge < -0.3 is 9.80 Å². The van der Waals surface area contributed by atoms with E-state index in [1.165, 1.54) is 41.0 Å². The molecule has 2 heterocycles. The summed E-state index contributed by atoms with van der Waals surface area (Å²) in [5.41, 5.74) is 8.55. The third kappa shape index (κ3) is 6.49. The summed E-state index contributed by atoms with van der Waals surface area (Å²) in [7, 11) is 0. The van der Waals surface area contributed by atoms with Crippen molar-refractivity contribution in [1.82, 2.24) is 0 Å². The molecule has 0 fully saturated rings. The van der Waals surface area contributed by atoms with E-state index in [0.29, 0.717) is 5.56 Å². The molecule has 0 aliphatic heterocycles. The van der Waals surface area contributed by atoms with Crippen molar-refractivity contribution < 1.29 is 6.85 Å². The highest BCUT2D eigenvalue weighted by atomic mass is 32.1. The SMILES string of the molecule is [2H]c1c([2H])c([2H])c(-c2ccc(N(c3cc(-c4ccc5sc6ccccc6c5c4)cc(N(c4ccccc4)c4ccc5ccccc5c4)c3)c3ccc4c(c3)sc3ccccc34)cc2)c([2H])c1[2H]. The fourth-order valence-electron chi connectivity index (χ4n) is 8.74. The number of anilines is 6. The molecule has 0 aliphatic carbocycles. The van der Waals surface area contributed by atoms with Gasteiger partial charge in [-0.1, -0.05) is 139 Å². The van der Waals surface area contributed by atoms with Crippen LogP contribution >= 0.6 is 22.7 Å². The Morgan fingerprint density at radius 3 is 1.60 bits per heavy atom. The summed E-state index contributed by atoms with van der Waals surface area (Å²) >= 11 is 3.58. The van der Waals surface area contributed by atoms with Crippen LogP contribution in [-0.2, 0) is 0 Å². The van der Waals surface area contributed by atoms with Crippen molar-refractivity contribution in [2.75, 3.05) is 9.80 Å². The van der Waals surface area contributed by atoms with Gasteiger partial charge in [-0.2, -0.15) is 0 Å². The molecule has 10 aromatic carbocycles. The summed E-state index contributed by atoms with van der Waals surface area (Å²) < 4.78 is 47.4. The van der Waals surface area contributed by atoms with E-state index in [9.17, 15) is 0 Å². The zero-order valence-corrected chi connectivity index (χ0v) is 34.9. The lowest BCUT2D eigenvalue weighted by molar-refractivity contribution is 1.25. The number of rotatable bonds is 8. The lowest BCUT2D eigenvalue weighted by Crippen LogP contribution is -2.13. The molecule has 2 aromatic heterocycles. The maximum atomic E-state index is 8.76. The summed E-state index contributed by atoms with van der Waals surface area (Å²) in [6.07, 6.45) is 0. The summed E-state index contributed by atoms with van der Waals surface area (Å²) in [4.78, 5) is 4.59. The molecular formula is C58H38N2S2. The Hall–Kier alpha value is -7.50. The normalized spacial score (nSPS) is 12.7. The lowest BCUT2D eigenvalue weighted by Gasteiger charge is -2.30. The summed E-state index contributed by atoms with van der Waals surface area (Å²) in [5, 5.41) is 7.18. The third-order valence-corrected chi connectivity index (χ3v) is 14.0. The number of hydrogen-bond donors (Lipinski definition) is 0. The molecule has 0 amide bonds. The number of nitrogens with zero attached hydrogens (tertiary/aromatic N) is 2. The van der Waals surface area contributed by atoms with Gasteiger partial charge in [0.2, 0.25) is 0 Å². The first kappa shape index (κ1) is 31.4. The molecule has 0 bridgehead atoms.